The van der Waals surface area contributed by atoms with Crippen LogP contribution in [0.1, 0.15) is 5.56 Å². The zero-order valence-corrected chi connectivity index (χ0v) is 9.33. The second-order valence-corrected chi connectivity index (χ2v) is 3.49. The number of nitrogen functional groups attached to an aromatic ring is 1. The normalized spacial score (nSPS) is 9.65. The van der Waals surface area contributed by atoms with Crippen molar-refractivity contribution in [2.24, 2.45) is 0 Å². The van der Waals surface area contributed by atoms with Gasteiger partial charge in [0.25, 0.3) is 0 Å². The molecule has 0 unspecified atom stereocenters. The minimum Gasteiger partial charge on any atom is -0.382 e. The molecule has 0 aliphatic heterocycles. The summed E-state index contributed by atoms with van der Waals surface area (Å²) in [6.45, 7) is 0. The predicted octanol–water partition coefficient (Wildman–Crippen LogP) is 1.70. The van der Waals surface area contributed by atoms with Crippen LogP contribution >= 0.6 is 0 Å². The molecule has 0 radical (unpaired) electrons. The summed E-state index contributed by atoms with van der Waals surface area (Å²) in [5, 5.41) is 9.03. The van der Waals surface area contributed by atoms with Gasteiger partial charge in [-0.15, -0.1) is 0 Å². The number of rotatable bonds is 2. The van der Waals surface area contributed by atoms with E-state index < -0.39 is 0 Å². The maximum absolute atomic E-state index is 9.03. The molecule has 0 aliphatic rings. The molecule has 0 saturated heterocycles. The highest BCUT2D eigenvalue weighted by molar-refractivity contribution is 5.66. The Labute approximate surface area is 99.1 Å². The van der Waals surface area contributed by atoms with Gasteiger partial charge in [-0.05, 0) is 12.1 Å². The molecule has 0 saturated carbocycles. The van der Waals surface area contributed by atoms with Gasteiger partial charge in [-0.2, -0.15) is 5.26 Å². The first-order valence-electron chi connectivity index (χ1n) is 5.03. The van der Waals surface area contributed by atoms with E-state index >= 15 is 0 Å². The second-order valence-electron chi connectivity index (χ2n) is 3.49. The van der Waals surface area contributed by atoms with Gasteiger partial charge in [0.2, 0.25) is 0 Å². The molecule has 17 heavy (non-hydrogen) atoms. The van der Waals surface area contributed by atoms with E-state index in [1.807, 2.05) is 25.2 Å². The van der Waals surface area contributed by atoms with Gasteiger partial charge >= 0.3 is 0 Å². The van der Waals surface area contributed by atoms with Gasteiger partial charge < -0.3 is 10.6 Å². The summed E-state index contributed by atoms with van der Waals surface area (Å²) in [6.07, 6.45) is 3.08. The smallest absolute Gasteiger partial charge is 0.153 e. The molecule has 1 heterocycles. The summed E-state index contributed by atoms with van der Waals surface area (Å²) < 4.78 is 0. The Morgan fingerprint density at radius 2 is 2.06 bits per heavy atom. The van der Waals surface area contributed by atoms with Crippen LogP contribution < -0.4 is 10.6 Å². The first kappa shape index (κ1) is 10.9. The lowest BCUT2D eigenvalue weighted by molar-refractivity contribution is 1.09. The van der Waals surface area contributed by atoms with Crippen LogP contribution in [-0.2, 0) is 0 Å². The summed E-state index contributed by atoms with van der Waals surface area (Å²) in [5.41, 5.74) is 6.94. The molecule has 0 atom stereocenters. The lowest BCUT2D eigenvalue weighted by atomic mass is 10.2. The van der Waals surface area contributed by atoms with Crippen molar-refractivity contribution in [3.63, 3.8) is 0 Å². The number of aromatic nitrogens is 2. The van der Waals surface area contributed by atoms with Crippen LogP contribution in [0.25, 0.3) is 0 Å². The molecule has 84 valence electrons. The van der Waals surface area contributed by atoms with Gasteiger partial charge in [0.05, 0.1) is 23.6 Å². The maximum Gasteiger partial charge on any atom is 0.153 e. The van der Waals surface area contributed by atoms with E-state index in [1.165, 1.54) is 6.20 Å². The van der Waals surface area contributed by atoms with Crippen molar-refractivity contribution in [2.75, 3.05) is 17.7 Å². The van der Waals surface area contributed by atoms with Crippen LogP contribution in [0.4, 0.5) is 17.3 Å². The molecule has 0 aliphatic carbocycles. The minimum atomic E-state index is 0.351. The Kier molecular flexibility index (Phi) is 2.88. The topological polar surface area (TPSA) is 78.8 Å². The number of hydrogen-bond donors (Lipinski definition) is 1. The Morgan fingerprint density at radius 1 is 1.29 bits per heavy atom. The monoisotopic (exact) mass is 225 g/mol. The zero-order chi connectivity index (χ0) is 12.3. The van der Waals surface area contributed by atoms with Gasteiger partial charge in [-0.25, -0.2) is 4.98 Å². The molecule has 2 aromatic rings. The Hall–Kier alpha value is -2.61. The molecule has 1 aromatic carbocycles. The van der Waals surface area contributed by atoms with E-state index in [2.05, 4.69) is 16.0 Å². The van der Waals surface area contributed by atoms with Crippen LogP contribution in [0.5, 0.6) is 0 Å². The maximum atomic E-state index is 9.03. The number of nitrogens with zero attached hydrogens (tertiary/aromatic N) is 4. The van der Waals surface area contributed by atoms with Crippen LogP contribution in [0.15, 0.2) is 36.7 Å². The van der Waals surface area contributed by atoms with Crippen molar-refractivity contribution in [2.45, 2.75) is 0 Å². The molecular formula is C12H11N5. The van der Waals surface area contributed by atoms with E-state index in [1.54, 1.807) is 17.2 Å². The molecule has 5 nitrogen and oxygen atoms in total. The van der Waals surface area contributed by atoms with Gasteiger partial charge in [0, 0.05) is 7.05 Å². The minimum absolute atomic E-state index is 0.351. The molecule has 0 spiro atoms. The standard InChI is InChI=1S/C12H11N5/c1-17(12-8-15-7-11(14)16-12)10-5-3-2-4-9(10)6-13/h2-5,7-8H,1H3,(H2,14,16). The van der Waals surface area contributed by atoms with Crippen LogP contribution in [0, 0.1) is 11.3 Å². The SMILES string of the molecule is CN(c1cncc(N)n1)c1ccccc1C#N. The fraction of sp³-hybridized carbons (Fsp3) is 0.0833. The highest BCUT2D eigenvalue weighted by Gasteiger charge is 2.09. The first-order valence-corrected chi connectivity index (χ1v) is 5.03. The summed E-state index contributed by atoms with van der Waals surface area (Å²) in [5.74, 6) is 0.955. The molecule has 5 heteroatoms. The molecule has 0 fully saturated rings. The lowest BCUT2D eigenvalue weighted by Gasteiger charge is -2.18. The molecule has 0 amide bonds. The third kappa shape index (κ3) is 2.16. The average molecular weight is 225 g/mol. The van der Waals surface area contributed by atoms with Crippen molar-refractivity contribution < 1.29 is 0 Å². The van der Waals surface area contributed by atoms with E-state index in [0.717, 1.165) is 5.69 Å². The first-order chi connectivity index (χ1) is 8.22. The second kappa shape index (κ2) is 4.49. The lowest BCUT2D eigenvalue weighted by Crippen LogP contribution is -2.13. The van der Waals surface area contributed by atoms with E-state index in [4.69, 9.17) is 11.0 Å². The number of anilines is 3. The summed E-state index contributed by atoms with van der Waals surface area (Å²) in [7, 11) is 1.82. The predicted molar refractivity (Wildman–Crippen MR) is 65.7 cm³/mol. The highest BCUT2D eigenvalue weighted by Crippen LogP contribution is 2.24. The number of nitriles is 1. The molecule has 2 rings (SSSR count). The summed E-state index contributed by atoms with van der Waals surface area (Å²) in [6, 6.07) is 9.43. The van der Waals surface area contributed by atoms with Crippen molar-refractivity contribution in [1.29, 1.82) is 5.26 Å². The average Bonchev–Trinajstić information content (AvgIpc) is 2.38. The van der Waals surface area contributed by atoms with Crippen LogP contribution in [0.2, 0.25) is 0 Å². The largest absolute Gasteiger partial charge is 0.382 e. The Bertz CT molecular complexity index is 573. The van der Waals surface area contributed by atoms with Crippen molar-refractivity contribution >= 4 is 17.3 Å². The van der Waals surface area contributed by atoms with Crippen molar-refractivity contribution in [1.82, 2.24) is 9.97 Å². The zero-order valence-electron chi connectivity index (χ0n) is 9.33. The highest BCUT2D eigenvalue weighted by atomic mass is 15.2. The van der Waals surface area contributed by atoms with Gasteiger partial charge in [0.15, 0.2) is 5.82 Å². The van der Waals surface area contributed by atoms with Crippen LogP contribution in [0.3, 0.4) is 0 Å². The number of benzene rings is 1. The molecule has 2 N–H and O–H groups in total. The van der Waals surface area contributed by atoms with E-state index in [0.29, 0.717) is 17.2 Å². The van der Waals surface area contributed by atoms with E-state index in [9.17, 15) is 0 Å². The quantitative estimate of drug-likeness (QED) is 0.841. The molecule has 1 aromatic heterocycles. The van der Waals surface area contributed by atoms with Gasteiger partial charge in [-0.3, -0.25) is 4.98 Å². The van der Waals surface area contributed by atoms with E-state index in [-0.39, 0.29) is 0 Å². The van der Waals surface area contributed by atoms with Gasteiger partial charge in [-0.1, -0.05) is 12.1 Å². The molecule has 0 bridgehead atoms. The summed E-state index contributed by atoms with van der Waals surface area (Å²) in [4.78, 5) is 9.91. The molecular weight excluding hydrogens is 214 g/mol. The Balaban J connectivity index is 2.44. The summed E-state index contributed by atoms with van der Waals surface area (Å²) >= 11 is 0. The fourth-order valence-electron chi connectivity index (χ4n) is 1.52. The van der Waals surface area contributed by atoms with Crippen LogP contribution in [-0.4, -0.2) is 17.0 Å². The number of para-hydroxylation sites is 1. The van der Waals surface area contributed by atoms with Crippen molar-refractivity contribution in [3.05, 3.63) is 42.2 Å². The third-order valence-corrected chi connectivity index (χ3v) is 2.37. The third-order valence-electron chi connectivity index (χ3n) is 2.37. The van der Waals surface area contributed by atoms with Gasteiger partial charge in [0.1, 0.15) is 11.9 Å². The Morgan fingerprint density at radius 3 is 2.76 bits per heavy atom. The number of hydrogen-bond acceptors (Lipinski definition) is 5. The number of nitrogens with two attached hydrogens (primary N) is 1. The fourth-order valence-corrected chi connectivity index (χ4v) is 1.52. The van der Waals surface area contributed by atoms with Crippen molar-refractivity contribution in [3.8, 4) is 6.07 Å².